The van der Waals surface area contributed by atoms with Crippen LogP contribution in [0.5, 0.6) is 0 Å². The van der Waals surface area contributed by atoms with Crippen molar-refractivity contribution in [3.8, 4) is 0 Å². The largest absolute Gasteiger partial charge is 0.381 e. The molecule has 1 saturated heterocycles. The van der Waals surface area contributed by atoms with Gasteiger partial charge in [0, 0.05) is 5.56 Å². The van der Waals surface area contributed by atoms with Gasteiger partial charge in [0.25, 0.3) is 0 Å². The van der Waals surface area contributed by atoms with Gasteiger partial charge in [0.15, 0.2) is 6.29 Å². The summed E-state index contributed by atoms with van der Waals surface area (Å²) in [7, 11) is 0. The van der Waals surface area contributed by atoms with E-state index in [0.29, 0.717) is 13.2 Å². The Morgan fingerprint density at radius 3 is 2.48 bits per heavy atom. The SMILES string of the molecule is CC(C)(C)C1=CCCC1(O)c1ccccc1C1OCCO1. The molecule has 1 atom stereocenters. The van der Waals surface area contributed by atoms with Crippen LogP contribution in [0, 0.1) is 5.41 Å². The van der Waals surface area contributed by atoms with Crippen LogP contribution in [-0.4, -0.2) is 18.3 Å². The van der Waals surface area contributed by atoms with Gasteiger partial charge in [-0.2, -0.15) is 0 Å². The van der Waals surface area contributed by atoms with Crippen molar-refractivity contribution in [3.63, 3.8) is 0 Å². The summed E-state index contributed by atoms with van der Waals surface area (Å²) >= 11 is 0. The number of ether oxygens (including phenoxy) is 2. The molecule has 0 amide bonds. The molecule has 114 valence electrons. The Hall–Kier alpha value is -1.16. The minimum absolute atomic E-state index is 0.0598. The molecule has 0 saturated carbocycles. The molecule has 1 aliphatic heterocycles. The maximum atomic E-state index is 11.4. The topological polar surface area (TPSA) is 38.7 Å². The Morgan fingerprint density at radius 2 is 1.81 bits per heavy atom. The van der Waals surface area contributed by atoms with Crippen LogP contribution in [0.3, 0.4) is 0 Å². The molecule has 0 radical (unpaired) electrons. The minimum atomic E-state index is -0.913. The molecule has 1 heterocycles. The molecule has 1 aromatic rings. The van der Waals surface area contributed by atoms with Crippen molar-refractivity contribution in [1.82, 2.24) is 0 Å². The van der Waals surface area contributed by atoms with Crippen LogP contribution in [0.25, 0.3) is 0 Å². The van der Waals surface area contributed by atoms with E-state index in [-0.39, 0.29) is 11.7 Å². The molecule has 1 aromatic carbocycles. The van der Waals surface area contributed by atoms with Crippen LogP contribution in [-0.2, 0) is 15.1 Å². The highest BCUT2D eigenvalue weighted by Crippen LogP contribution is 2.49. The lowest BCUT2D eigenvalue weighted by atomic mass is 9.73. The zero-order chi connectivity index (χ0) is 15.1. The highest BCUT2D eigenvalue weighted by Gasteiger charge is 2.44. The third-order valence-electron chi connectivity index (χ3n) is 4.39. The molecule has 0 spiro atoms. The van der Waals surface area contributed by atoms with E-state index in [1.165, 1.54) is 0 Å². The molecular formula is C18H24O3. The molecule has 3 nitrogen and oxygen atoms in total. The van der Waals surface area contributed by atoms with E-state index in [0.717, 1.165) is 29.5 Å². The summed E-state index contributed by atoms with van der Waals surface area (Å²) < 4.78 is 11.3. The van der Waals surface area contributed by atoms with E-state index < -0.39 is 5.60 Å². The third kappa shape index (κ3) is 2.54. The quantitative estimate of drug-likeness (QED) is 0.844. The van der Waals surface area contributed by atoms with Gasteiger partial charge in [-0.25, -0.2) is 0 Å². The number of allylic oxidation sites excluding steroid dienone is 1. The van der Waals surface area contributed by atoms with Crippen molar-refractivity contribution in [2.45, 2.75) is 45.5 Å². The summed E-state index contributed by atoms with van der Waals surface area (Å²) in [5.41, 5.74) is 2.01. The first-order valence-corrected chi connectivity index (χ1v) is 7.69. The Kier molecular flexibility index (Phi) is 3.68. The normalized spacial score (nSPS) is 27.1. The molecule has 1 fully saturated rings. The van der Waals surface area contributed by atoms with E-state index in [1.807, 2.05) is 24.3 Å². The predicted molar refractivity (Wildman–Crippen MR) is 81.8 cm³/mol. The maximum absolute atomic E-state index is 11.4. The fourth-order valence-corrected chi connectivity index (χ4v) is 3.55. The second-order valence-corrected chi connectivity index (χ2v) is 6.93. The van der Waals surface area contributed by atoms with Gasteiger partial charge in [0.2, 0.25) is 0 Å². The van der Waals surface area contributed by atoms with Crippen LogP contribution in [0.2, 0.25) is 0 Å². The Balaban J connectivity index is 2.06. The minimum Gasteiger partial charge on any atom is -0.381 e. The van der Waals surface area contributed by atoms with Gasteiger partial charge in [-0.05, 0) is 29.4 Å². The maximum Gasteiger partial charge on any atom is 0.184 e. The van der Waals surface area contributed by atoms with Gasteiger partial charge in [-0.3, -0.25) is 0 Å². The van der Waals surface area contributed by atoms with Gasteiger partial charge in [0.1, 0.15) is 5.60 Å². The number of hydrogen-bond acceptors (Lipinski definition) is 3. The van der Waals surface area contributed by atoms with E-state index in [9.17, 15) is 5.11 Å². The van der Waals surface area contributed by atoms with Crippen LogP contribution in [0.15, 0.2) is 35.9 Å². The van der Waals surface area contributed by atoms with E-state index in [2.05, 4.69) is 26.8 Å². The summed E-state index contributed by atoms with van der Waals surface area (Å²) in [6.07, 6.45) is 3.47. The van der Waals surface area contributed by atoms with Crippen molar-refractivity contribution in [3.05, 3.63) is 47.0 Å². The van der Waals surface area contributed by atoms with Gasteiger partial charge in [-0.1, -0.05) is 51.1 Å². The number of hydrogen-bond donors (Lipinski definition) is 1. The smallest absolute Gasteiger partial charge is 0.184 e. The van der Waals surface area contributed by atoms with Gasteiger partial charge < -0.3 is 14.6 Å². The molecule has 0 bridgehead atoms. The lowest BCUT2D eigenvalue weighted by molar-refractivity contribution is -0.0484. The predicted octanol–water partition coefficient (Wildman–Crippen LogP) is 3.69. The van der Waals surface area contributed by atoms with Crippen molar-refractivity contribution in [2.75, 3.05) is 13.2 Å². The standard InChI is InChI=1S/C18H24O3/c1-17(2,3)15-9-6-10-18(15,19)14-8-5-4-7-13(14)16-20-11-12-21-16/h4-5,7-9,16,19H,6,10-12H2,1-3H3. The summed E-state index contributed by atoms with van der Waals surface area (Å²) in [4.78, 5) is 0. The van der Waals surface area contributed by atoms with E-state index in [1.54, 1.807) is 0 Å². The first-order valence-electron chi connectivity index (χ1n) is 7.69. The third-order valence-corrected chi connectivity index (χ3v) is 4.39. The summed E-state index contributed by atoms with van der Waals surface area (Å²) in [6, 6.07) is 7.96. The first kappa shape index (κ1) is 14.8. The number of rotatable bonds is 2. The van der Waals surface area contributed by atoms with Crippen LogP contribution in [0.4, 0.5) is 0 Å². The average Bonchev–Trinajstić information content (AvgIpc) is 3.07. The second kappa shape index (κ2) is 5.24. The Bertz CT molecular complexity index is 550. The summed E-state index contributed by atoms with van der Waals surface area (Å²) in [6.45, 7) is 7.68. The fourth-order valence-electron chi connectivity index (χ4n) is 3.55. The van der Waals surface area contributed by atoms with E-state index in [4.69, 9.17) is 9.47 Å². The zero-order valence-corrected chi connectivity index (χ0v) is 13.1. The van der Waals surface area contributed by atoms with Gasteiger partial charge in [-0.15, -0.1) is 0 Å². The average molecular weight is 288 g/mol. The van der Waals surface area contributed by atoms with Gasteiger partial charge in [0.05, 0.1) is 13.2 Å². The Morgan fingerprint density at radius 1 is 1.14 bits per heavy atom. The molecule has 21 heavy (non-hydrogen) atoms. The molecule has 1 aliphatic carbocycles. The molecule has 1 N–H and O–H groups in total. The van der Waals surface area contributed by atoms with Crippen molar-refractivity contribution < 1.29 is 14.6 Å². The lowest BCUT2D eigenvalue weighted by Gasteiger charge is -2.36. The lowest BCUT2D eigenvalue weighted by Crippen LogP contribution is -2.33. The number of aliphatic hydroxyl groups is 1. The summed E-state index contributed by atoms with van der Waals surface area (Å²) in [5, 5.41) is 11.4. The fraction of sp³-hybridized carbons (Fsp3) is 0.556. The first-order chi connectivity index (χ1) is 9.93. The van der Waals surface area contributed by atoms with Crippen LogP contribution < -0.4 is 0 Å². The van der Waals surface area contributed by atoms with Crippen molar-refractivity contribution in [2.24, 2.45) is 5.41 Å². The Labute approximate surface area is 126 Å². The van der Waals surface area contributed by atoms with Gasteiger partial charge >= 0.3 is 0 Å². The molecule has 2 aliphatic rings. The van der Waals surface area contributed by atoms with Crippen LogP contribution in [0.1, 0.15) is 51.0 Å². The van der Waals surface area contributed by atoms with Crippen molar-refractivity contribution in [1.29, 1.82) is 0 Å². The van der Waals surface area contributed by atoms with Crippen molar-refractivity contribution >= 4 is 0 Å². The number of benzene rings is 1. The zero-order valence-electron chi connectivity index (χ0n) is 13.1. The highest BCUT2D eigenvalue weighted by atomic mass is 16.7. The molecule has 0 aromatic heterocycles. The molecule has 1 unspecified atom stereocenters. The monoisotopic (exact) mass is 288 g/mol. The molecule has 3 heteroatoms. The second-order valence-electron chi connectivity index (χ2n) is 6.93. The molecular weight excluding hydrogens is 264 g/mol. The van der Waals surface area contributed by atoms with Crippen LogP contribution >= 0.6 is 0 Å². The van der Waals surface area contributed by atoms with E-state index >= 15 is 0 Å². The summed E-state index contributed by atoms with van der Waals surface area (Å²) in [5.74, 6) is 0. The molecule has 3 rings (SSSR count). The highest BCUT2D eigenvalue weighted by molar-refractivity contribution is 5.43.